The van der Waals surface area contributed by atoms with Crippen molar-refractivity contribution in [1.82, 2.24) is 10.3 Å². The fourth-order valence-corrected chi connectivity index (χ4v) is 3.53. The minimum absolute atomic E-state index is 0.277. The van der Waals surface area contributed by atoms with Crippen molar-refractivity contribution in [3.05, 3.63) is 67.3 Å². The molecule has 28 heavy (non-hydrogen) atoms. The van der Waals surface area contributed by atoms with Gasteiger partial charge in [0, 0.05) is 9.69 Å². The zero-order chi connectivity index (χ0) is 19.8. The fourth-order valence-electron chi connectivity index (χ4n) is 2.81. The lowest BCUT2D eigenvalue weighted by Gasteiger charge is -2.32. The Morgan fingerprint density at radius 2 is 2.21 bits per heavy atom. The molecule has 1 N–H and O–H groups in total. The van der Waals surface area contributed by atoms with Crippen LogP contribution < -0.4 is 15.9 Å². The summed E-state index contributed by atoms with van der Waals surface area (Å²) in [6, 6.07) is 8.24. The molecule has 1 aromatic carbocycles. The largest absolute Gasteiger partial charge is 0.433 e. The van der Waals surface area contributed by atoms with Crippen molar-refractivity contribution in [3.8, 4) is 0 Å². The number of amides is 1. The van der Waals surface area contributed by atoms with E-state index in [-0.39, 0.29) is 11.8 Å². The Hall–Kier alpha value is -2.92. The van der Waals surface area contributed by atoms with E-state index in [9.17, 15) is 14.9 Å². The smallest absolute Gasteiger partial charge is 0.401 e. The van der Waals surface area contributed by atoms with Crippen LogP contribution in [-0.4, -0.2) is 33.4 Å². The van der Waals surface area contributed by atoms with Gasteiger partial charge in [0.1, 0.15) is 16.4 Å². The van der Waals surface area contributed by atoms with E-state index < -0.39 is 11.1 Å². The highest BCUT2D eigenvalue weighted by Gasteiger charge is 2.32. The molecule has 2 aromatic rings. The van der Waals surface area contributed by atoms with Gasteiger partial charge in [0.15, 0.2) is 11.3 Å². The topological polar surface area (TPSA) is 113 Å². The number of rotatable bonds is 3. The van der Waals surface area contributed by atoms with E-state index in [0.717, 1.165) is 4.47 Å². The number of amidine groups is 1. The van der Waals surface area contributed by atoms with E-state index in [1.807, 2.05) is 24.5 Å². The lowest BCUT2D eigenvalue weighted by molar-refractivity contribution is -0.402. The highest BCUT2D eigenvalue weighted by molar-refractivity contribution is 9.10. The number of nitrogens with zero attached hydrogens (tertiary/aromatic N) is 4. The summed E-state index contributed by atoms with van der Waals surface area (Å²) in [5.41, 5.74) is 0.379. The van der Waals surface area contributed by atoms with Crippen molar-refractivity contribution in [1.29, 1.82) is 0 Å². The minimum atomic E-state index is -0.610. The number of halogens is 1. The van der Waals surface area contributed by atoms with Crippen LogP contribution in [0.5, 0.6) is 0 Å². The van der Waals surface area contributed by atoms with Crippen molar-refractivity contribution in [3.63, 3.8) is 0 Å². The second kappa shape index (κ2) is 7.24. The summed E-state index contributed by atoms with van der Waals surface area (Å²) < 4.78 is 5.96. The molecule has 11 heteroatoms. The van der Waals surface area contributed by atoms with Crippen LogP contribution in [0.15, 0.2) is 55.4 Å². The van der Waals surface area contributed by atoms with Gasteiger partial charge in [-0.15, -0.1) is 5.10 Å². The number of hydrogen-bond donors (Lipinski definition) is 1. The first-order chi connectivity index (χ1) is 13.5. The van der Waals surface area contributed by atoms with Gasteiger partial charge in [-0.05, 0) is 42.7 Å². The molecule has 0 saturated heterocycles. The average molecular weight is 462 g/mol. The van der Waals surface area contributed by atoms with E-state index in [4.69, 9.17) is 4.42 Å². The van der Waals surface area contributed by atoms with Crippen molar-refractivity contribution >= 4 is 56.4 Å². The highest BCUT2D eigenvalue weighted by Crippen LogP contribution is 2.23. The van der Waals surface area contributed by atoms with Crippen LogP contribution >= 0.6 is 27.7 Å². The number of benzene rings is 1. The maximum absolute atomic E-state index is 12.7. The molecular formula is C17H12BrN5O4S. The molecule has 1 aromatic heterocycles. The number of nitrogens with one attached hydrogen (secondary N) is 1. The molecule has 2 aliphatic heterocycles. The average Bonchev–Trinajstić information content (AvgIpc) is 3.15. The first-order valence-electron chi connectivity index (χ1n) is 7.99. The Labute approximate surface area is 170 Å². The van der Waals surface area contributed by atoms with Gasteiger partial charge >= 0.3 is 5.88 Å². The Morgan fingerprint density at radius 1 is 1.39 bits per heavy atom. The summed E-state index contributed by atoms with van der Waals surface area (Å²) in [4.78, 5) is 27.5. The molecular weight excluding hydrogens is 450 g/mol. The molecule has 0 radical (unpaired) electrons. The SMILES string of the molecule is CSC1=NN2C(=c3cc(Br)ccc3=N[C@@H]2/C=C/c2ccc([N+](=O)[O-])o2)C(=O)N1. The number of hydrogen-bond acceptors (Lipinski definition) is 8. The third kappa shape index (κ3) is 3.34. The monoisotopic (exact) mass is 461 g/mol. The molecule has 142 valence electrons. The predicted octanol–water partition coefficient (Wildman–Crippen LogP) is 1.80. The minimum Gasteiger partial charge on any atom is -0.401 e. The first kappa shape index (κ1) is 18.4. The molecule has 0 fully saturated rings. The van der Waals surface area contributed by atoms with E-state index in [2.05, 4.69) is 31.3 Å². The van der Waals surface area contributed by atoms with E-state index in [1.165, 1.54) is 28.9 Å². The zero-order valence-corrected chi connectivity index (χ0v) is 16.7. The summed E-state index contributed by atoms with van der Waals surface area (Å²) in [7, 11) is 0. The number of thioether (sulfide) groups is 1. The van der Waals surface area contributed by atoms with Crippen LogP contribution in [0.1, 0.15) is 5.76 Å². The van der Waals surface area contributed by atoms with Gasteiger partial charge in [0.05, 0.1) is 11.4 Å². The summed E-state index contributed by atoms with van der Waals surface area (Å²) in [6.45, 7) is 0. The first-order valence-corrected chi connectivity index (χ1v) is 10.0. The van der Waals surface area contributed by atoms with Crippen LogP contribution in [-0.2, 0) is 4.79 Å². The molecule has 2 aliphatic rings. The zero-order valence-electron chi connectivity index (χ0n) is 14.3. The Balaban J connectivity index is 1.81. The van der Waals surface area contributed by atoms with Gasteiger partial charge in [-0.25, -0.2) is 5.01 Å². The van der Waals surface area contributed by atoms with Crippen LogP contribution in [0.2, 0.25) is 0 Å². The third-order valence-electron chi connectivity index (χ3n) is 4.02. The second-order valence-corrected chi connectivity index (χ2v) is 7.46. The molecule has 9 nitrogen and oxygen atoms in total. The van der Waals surface area contributed by atoms with Crippen molar-refractivity contribution in [2.75, 3.05) is 6.26 Å². The lowest BCUT2D eigenvalue weighted by atomic mass is 10.1. The molecule has 1 atom stereocenters. The maximum Gasteiger partial charge on any atom is 0.433 e. The summed E-state index contributed by atoms with van der Waals surface area (Å²) in [5.74, 6) is -0.316. The number of fused-ring (bicyclic) bond motifs is 2. The summed E-state index contributed by atoms with van der Waals surface area (Å²) in [6.07, 6.45) is 4.44. The van der Waals surface area contributed by atoms with Crippen LogP contribution in [0.4, 0.5) is 5.88 Å². The van der Waals surface area contributed by atoms with E-state index in [0.29, 0.717) is 27.2 Å². The fraction of sp³-hybridized carbons (Fsp3) is 0.118. The molecule has 0 aliphatic carbocycles. The Morgan fingerprint density at radius 3 is 2.93 bits per heavy atom. The second-order valence-electron chi connectivity index (χ2n) is 5.75. The number of nitro groups is 1. The maximum atomic E-state index is 12.7. The lowest BCUT2D eigenvalue weighted by Crippen LogP contribution is -2.52. The molecule has 0 saturated carbocycles. The molecule has 0 unspecified atom stereocenters. The standard InChI is InChI=1S/C17H12BrN5O4S/c1-28-17-20-16(24)15-11-8-9(18)2-5-12(11)19-13(22(15)21-17)6-3-10-4-7-14(27-10)23(25)26/h2-8,13H,1H3,(H,20,21,24)/b6-3+/t13-/m0/s1. The van der Waals surface area contributed by atoms with Gasteiger partial charge < -0.3 is 4.42 Å². The summed E-state index contributed by atoms with van der Waals surface area (Å²) in [5, 5.41) is 21.3. The third-order valence-corrected chi connectivity index (χ3v) is 5.08. The molecule has 3 heterocycles. The number of hydrazone groups is 1. The van der Waals surface area contributed by atoms with E-state index >= 15 is 0 Å². The van der Waals surface area contributed by atoms with Crippen molar-refractivity contribution < 1.29 is 14.1 Å². The Kier molecular flexibility index (Phi) is 4.77. The molecule has 4 rings (SSSR count). The van der Waals surface area contributed by atoms with Gasteiger partial charge in [-0.3, -0.25) is 25.2 Å². The number of furan rings is 1. The van der Waals surface area contributed by atoms with Crippen LogP contribution in [0.3, 0.4) is 0 Å². The van der Waals surface area contributed by atoms with Gasteiger partial charge in [0.2, 0.25) is 0 Å². The van der Waals surface area contributed by atoms with Crippen LogP contribution in [0.25, 0.3) is 11.8 Å². The van der Waals surface area contributed by atoms with Gasteiger partial charge in [-0.1, -0.05) is 27.7 Å². The van der Waals surface area contributed by atoms with Crippen molar-refractivity contribution in [2.24, 2.45) is 10.1 Å². The number of carbonyl (C=O) groups excluding carboxylic acids is 1. The quantitative estimate of drug-likeness (QED) is 0.550. The van der Waals surface area contributed by atoms with Gasteiger partial charge in [0.25, 0.3) is 5.91 Å². The molecule has 0 spiro atoms. The van der Waals surface area contributed by atoms with Crippen molar-refractivity contribution in [2.45, 2.75) is 6.17 Å². The summed E-state index contributed by atoms with van der Waals surface area (Å²) >= 11 is 4.72. The molecule has 1 amide bonds. The predicted molar refractivity (Wildman–Crippen MR) is 107 cm³/mol. The van der Waals surface area contributed by atoms with Gasteiger partial charge in [-0.2, -0.15) is 0 Å². The number of carbonyl (C=O) groups is 1. The van der Waals surface area contributed by atoms with Crippen LogP contribution in [0, 0.1) is 10.1 Å². The highest BCUT2D eigenvalue weighted by atomic mass is 79.9. The molecule has 0 bridgehead atoms. The van der Waals surface area contributed by atoms with E-state index in [1.54, 1.807) is 12.2 Å². The normalized spacial score (nSPS) is 18.3. The Bertz CT molecular complexity index is 1170.